The standard InChI is InChI=1S/C23H25FN2O7S2/c1-13-17-9-18-20(33-22(21(18)23(27)25-2)14-5-7-15(24)8-6-14)10-19(17)26(35(4,30)31)11-16(32-13)12-34(3,28)29/h5-10,13,16H,11-12H2,1-4H3,(H,25,27)/t13-,16-/m1/s1. The molecule has 2 aromatic carbocycles. The number of anilines is 1. The lowest BCUT2D eigenvalue weighted by Gasteiger charge is -2.24. The molecule has 0 aliphatic carbocycles. The molecule has 4 rings (SSSR count). The van der Waals surface area contributed by atoms with Gasteiger partial charge in [0.15, 0.2) is 0 Å². The lowest BCUT2D eigenvalue weighted by atomic mass is 10.0. The minimum absolute atomic E-state index is 0.201. The molecule has 0 fully saturated rings. The van der Waals surface area contributed by atoms with Crippen molar-refractivity contribution in [3.63, 3.8) is 0 Å². The van der Waals surface area contributed by atoms with Crippen molar-refractivity contribution < 1.29 is 35.2 Å². The quantitative estimate of drug-likeness (QED) is 0.544. The number of halogens is 1. The van der Waals surface area contributed by atoms with Gasteiger partial charge in [-0.15, -0.1) is 0 Å². The van der Waals surface area contributed by atoms with Gasteiger partial charge in [-0.2, -0.15) is 0 Å². The van der Waals surface area contributed by atoms with Crippen LogP contribution in [-0.2, 0) is 24.6 Å². The Bertz CT molecular complexity index is 1510. The normalized spacial score (nSPS) is 18.8. The second-order valence-electron chi connectivity index (χ2n) is 8.59. The van der Waals surface area contributed by atoms with Crippen molar-refractivity contribution in [2.75, 3.05) is 36.2 Å². The number of benzene rings is 2. The van der Waals surface area contributed by atoms with Gasteiger partial charge < -0.3 is 14.5 Å². The van der Waals surface area contributed by atoms with Gasteiger partial charge in [-0.1, -0.05) is 0 Å². The molecule has 2 heterocycles. The first kappa shape index (κ1) is 25.1. The molecule has 35 heavy (non-hydrogen) atoms. The Labute approximate surface area is 202 Å². The SMILES string of the molecule is CNC(=O)c1c(-c2ccc(F)cc2)oc2cc3c(cc12)[C@@H](C)O[C@@H](CS(C)(=O)=O)CN3S(C)(=O)=O. The number of sulfonamides is 1. The van der Waals surface area contributed by atoms with E-state index >= 15 is 0 Å². The third-order valence-corrected chi connectivity index (χ3v) is 7.88. The lowest BCUT2D eigenvalue weighted by molar-refractivity contribution is 0.0193. The first-order valence-electron chi connectivity index (χ1n) is 10.7. The Morgan fingerprint density at radius 2 is 1.80 bits per heavy atom. The average Bonchev–Trinajstić information content (AvgIpc) is 3.06. The van der Waals surface area contributed by atoms with Gasteiger partial charge in [0.2, 0.25) is 10.0 Å². The highest BCUT2D eigenvalue weighted by Crippen LogP contribution is 2.42. The highest BCUT2D eigenvalue weighted by atomic mass is 32.2. The number of hydrogen-bond donors (Lipinski definition) is 1. The minimum atomic E-state index is -3.83. The van der Waals surface area contributed by atoms with E-state index in [0.29, 0.717) is 16.5 Å². The summed E-state index contributed by atoms with van der Waals surface area (Å²) in [7, 11) is -5.82. The smallest absolute Gasteiger partial charge is 0.255 e. The Kier molecular flexibility index (Phi) is 6.41. The number of amides is 1. The van der Waals surface area contributed by atoms with Crippen LogP contribution in [0.25, 0.3) is 22.3 Å². The second kappa shape index (κ2) is 8.92. The van der Waals surface area contributed by atoms with E-state index in [2.05, 4.69) is 5.32 Å². The molecular formula is C23H25FN2O7S2. The van der Waals surface area contributed by atoms with Crippen LogP contribution in [0.2, 0.25) is 0 Å². The summed E-state index contributed by atoms with van der Waals surface area (Å²) in [5.74, 6) is -1.04. The molecule has 1 aliphatic rings. The molecule has 3 aromatic rings. The van der Waals surface area contributed by atoms with Crippen molar-refractivity contribution in [2.24, 2.45) is 0 Å². The molecule has 1 amide bonds. The highest BCUT2D eigenvalue weighted by molar-refractivity contribution is 7.92. The Balaban J connectivity index is 1.96. The molecule has 12 heteroatoms. The van der Waals surface area contributed by atoms with Gasteiger partial charge in [0.25, 0.3) is 5.91 Å². The topological polar surface area (TPSA) is 123 Å². The number of nitrogens with zero attached hydrogens (tertiary/aromatic N) is 1. The van der Waals surface area contributed by atoms with Crippen molar-refractivity contribution >= 4 is 42.4 Å². The number of sulfone groups is 1. The van der Waals surface area contributed by atoms with Crippen LogP contribution in [-0.4, -0.2) is 60.7 Å². The first-order valence-corrected chi connectivity index (χ1v) is 14.6. The van der Waals surface area contributed by atoms with Crippen LogP contribution >= 0.6 is 0 Å². The van der Waals surface area contributed by atoms with Gasteiger partial charge in [0.1, 0.15) is 27.0 Å². The Morgan fingerprint density at radius 3 is 2.37 bits per heavy atom. The van der Waals surface area contributed by atoms with Gasteiger partial charge in [-0.25, -0.2) is 21.2 Å². The summed E-state index contributed by atoms with van der Waals surface area (Å²) in [5, 5.41) is 2.98. The van der Waals surface area contributed by atoms with E-state index in [1.54, 1.807) is 13.0 Å². The monoisotopic (exact) mass is 524 g/mol. The maximum atomic E-state index is 13.5. The lowest BCUT2D eigenvalue weighted by Crippen LogP contribution is -2.39. The molecule has 1 aliphatic heterocycles. The maximum absolute atomic E-state index is 13.5. The number of hydrogen-bond acceptors (Lipinski definition) is 7. The van der Waals surface area contributed by atoms with E-state index < -0.39 is 43.8 Å². The summed E-state index contributed by atoms with van der Waals surface area (Å²) >= 11 is 0. The predicted molar refractivity (Wildman–Crippen MR) is 130 cm³/mol. The van der Waals surface area contributed by atoms with Crippen molar-refractivity contribution in [2.45, 2.75) is 19.1 Å². The van der Waals surface area contributed by atoms with E-state index in [4.69, 9.17) is 9.15 Å². The molecule has 0 saturated heterocycles. The molecule has 2 atom stereocenters. The zero-order valence-corrected chi connectivity index (χ0v) is 21.2. The number of fused-ring (bicyclic) bond motifs is 2. The molecule has 0 radical (unpaired) electrons. The first-order chi connectivity index (χ1) is 16.3. The predicted octanol–water partition coefficient (Wildman–Crippen LogP) is 2.87. The molecule has 9 nitrogen and oxygen atoms in total. The second-order valence-corrected chi connectivity index (χ2v) is 12.7. The van der Waals surface area contributed by atoms with Gasteiger partial charge in [0.05, 0.1) is 42.0 Å². The number of nitrogens with one attached hydrogen (secondary N) is 1. The fourth-order valence-corrected chi connectivity index (χ4v) is 6.09. The number of carbonyl (C=O) groups excluding carboxylic acids is 1. The fraction of sp³-hybridized carbons (Fsp3) is 0.348. The van der Waals surface area contributed by atoms with Gasteiger partial charge >= 0.3 is 0 Å². The zero-order chi connectivity index (χ0) is 25.7. The van der Waals surface area contributed by atoms with E-state index in [1.165, 1.54) is 37.4 Å². The van der Waals surface area contributed by atoms with Gasteiger partial charge in [0, 0.05) is 35.9 Å². The summed E-state index contributed by atoms with van der Waals surface area (Å²) in [5.41, 5.74) is 1.63. The summed E-state index contributed by atoms with van der Waals surface area (Å²) < 4.78 is 75.8. The van der Waals surface area contributed by atoms with Crippen molar-refractivity contribution in [1.29, 1.82) is 0 Å². The molecule has 188 valence electrons. The van der Waals surface area contributed by atoms with Gasteiger partial charge in [-0.3, -0.25) is 9.10 Å². The number of carbonyl (C=O) groups is 1. The summed E-state index contributed by atoms with van der Waals surface area (Å²) in [6.07, 6.45) is 0.497. The van der Waals surface area contributed by atoms with Gasteiger partial charge in [-0.05, 0) is 37.3 Å². The van der Waals surface area contributed by atoms with E-state index in [9.17, 15) is 26.0 Å². The van der Waals surface area contributed by atoms with Crippen LogP contribution < -0.4 is 9.62 Å². The van der Waals surface area contributed by atoms with Crippen LogP contribution in [0, 0.1) is 5.82 Å². The highest BCUT2D eigenvalue weighted by Gasteiger charge is 2.35. The Hall–Kier alpha value is -2.96. The molecule has 0 unspecified atom stereocenters. The third kappa shape index (κ3) is 5.04. The maximum Gasteiger partial charge on any atom is 0.255 e. The molecule has 0 spiro atoms. The summed E-state index contributed by atoms with van der Waals surface area (Å²) in [6.45, 7) is 1.48. The van der Waals surface area contributed by atoms with E-state index in [0.717, 1.165) is 16.8 Å². The summed E-state index contributed by atoms with van der Waals surface area (Å²) in [4.78, 5) is 12.9. The van der Waals surface area contributed by atoms with Crippen LogP contribution in [0.1, 0.15) is 28.9 Å². The zero-order valence-electron chi connectivity index (χ0n) is 19.5. The Morgan fingerprint density at radius 1 is 1.14 bits per heavy atom. The van der Waals surface area contributed by atoms with Crippen molar-refractivity contribution in [1.82, 2.24) is 5.32 Å². The molecule has 0 bridgehead atoms. The van der Waals surface area contributed by atoms with E-state index in [1.807, 2.05) is 0 Å². The number of ether oxygens (including phenoxy) is 1. The largest absolute Gasteiger partial charge is 0.455 e. The number of rotatable bonds is 5. The van der Waals surface area contributed by atoms with Crippen LogP contribution in [0.3, 0.4) is 0 Å². The van der Waals surface area contributed by atoms with Crippen molar-refractivity contribution in [3.8, 4) is 11.3 Å². The average molecular weight is 525 g/mol. The molecule has 0 saturated carbocycles. The molecule has 1 aromatic heterocycles. The minimum Gasteiger partial charge on any atom is -0.455 e. The third-order valence-electron chi connectivity index (χ3n) is 5.76. The van der Waals surface area contributed by atoms with Crippen molar-refractivity contribution in [3.05, 3.63) is 53.3 Å². The van der Waals surface area contributed by atoms with E-state index in [-0.39, 0.29) is 34.9 Å². The van der Waals surface area contributed by atoms with Crippen LogP contribution in [0.15, 0.2) is 40.8 Å². The summed E-state index contributed by atoms with van der Waals surface area (Å²) in [6, 6.07) is 8.58. The van der Waals surface area contributed by atoms with Crippen LogP contribution in [0.5, 0.6) is 0 Å². The number of furan rings is 1. The fourth-order valence-electron chi connectivity index (χ4n) is 4.28. The molecular weight excluding hydrogens is 499 g/mol. The van der Waals surface area contributed by atoms with Crippen LogP contribution in [0.4, 0.5) is 10.1 Å². The molecule has 1 N–H and O–H groups in total.